The first-order chi connectivity index (χ1) is 18.2. The summed E-state index contributed by atoms with van der Waals surface area (Å²) >= 11 is 12.0. The van der Waals surface area contributed by atoms with Crippen LogP contribution in [0.25, 0.3) is 0 Å². The normalized spacial score (nSPS) is 13.1. The number of carbonyl (C=O) groups excluding carboxylic acids is 4. The number of halogens is 3. The maximum absolute atomic E-state index is 13.4. The Labute approximate surface area is 227 Å². The number of nitrogens with one attached hydrogen (secondary N) is 2. The van der Waals surface area contributed by atoms with Gasteiger partial charge in [0.05, 0.1) is 22.9 Å². The lowest BCUT2D eigenvalue weighted by molar-refractivity contribution is -0.120. The average Bonchev–Trinajstić information content (AvgIpc) is 3.12. The average molecular weight is 556 g/mol. The molecule has 3 amide bonds. The summed E-state index contributed by atoms with van der Waals surface area (Å²) in [4.78, 5) is 51.8. The molecule has 0 bridgehead atoms. The summed E-state index contributed by atoms with van der Waals surface area (Å²) in [5.41, 5.74) is 0.932. The van der Waals surface area contributed by atoms with Gasteiger partial charge in [-0.05, 0) is 61.0 Å². The summed E-state index contributed by atoms with van der Waals surface area (Å²) in [6.07, 6.45) is 0.645. The maximum atomic E-state index is 13.4. The zero-order valence-electron chi connectivity index (χ0n) is 19.9. The third-order valence-corrected chi connectivity index (χ3v) is 6.02. The van der Waals surface area contributed by atoms with Crippen molar-refractivity contribution in [2.24, 2.45) is 0 Å². The smallest absolute Gasteiger partial charge is 0.338 e. The Kier molecular flexibility index (Phi) is 8.09. The Hall–Kier alpha value is -4.21. The molecule has 1 heterocycles. The van der Waals surface area contributed by atoms with E-state index in [-0.39, 0.29) is 39.2 Å². The van der Waals surface area contributed by atoms with E-state index in [0.717, 1.165) is 11.0 Å². The summed E-state index contributed by atoms with van der Waals surface area (Å²) in [5.74, 6) is -3.23. The SMILES string of the molecule is CCCOC(=O)c1cccc(N2C(=O)C(Cl)=C(Nc3cccc(C(=O)Nc4ccc(F)c(Cl)c4)c3)C2=O)c1. The van der Waals surface area contributed by atoms with Gasteiger partial charge in [0.25, 0.3) is 17.7 Å². The van der Waals surface area contributed by atoms with Crippen LogP contribution in [0.3, 0.4) is 0 Å². The second-order valence-electron chi connectivity index (χ2n) is 8.11. The fourth-order valence-electron chi connectivity index (χ4n) is 3.56. The van der Waals surface area contributed by atoms with Gasteiger partial charge in [0.2, 0.25) is 0 Å². The lowest BCUT2D eigenvalue weighted by Crippen LogP contribution is -2.32. The maximum Gasteiger partial charge on any atom is 0.338 e. The Morgan fingerprint density at radius 3 is 2.39 bits per heavy atom. The predicted molar refractivity (Wildman–Crippen MR) is 142 cm³/mol. The van der Waals surface area contributed by atoms with E-state index in [1.165, 1.54) is 48.5 Å². The lowest BCUT2D eigenvalue weighted by atomic mass is 10.1. The minimum absolute atomic E-state index is 0.142. The fraction of sp³-hybridized carbons (Fsp3) is 0.111. The molecule has 0 saturated carbocycles. The predicted octanol–water partition coefficient (Wildman–Crippen LogP) is 5.73. The number of hydrogen-bond acceptors (Lipinski definition) is 6. The van der Waals surface area contributed by atoms with Crippen molar-refractivity contribution in [1.82, 2.24) is 0 Å². The van der Waals surface area contributed by atoms with Crippen molar-refractivity contribution in [1.29, 1.82) is 0 Å². The number of benzene rings is 3. The Bertz CT molecular complexity index is 1490. The summed E-state index contributed by atoms with van der Waals surface area (Å²) in [7, 11) is 0. The van der Waals surface area contributed by atoms with E-state index < -0.39 is 29.5 Å². The van der Waals surface area contributed by atoms with Crippen LogP contribution in [-0.2, 0) is 14.3 Å². The number of carbonyl (C=O) groups is 4. The highest BCUT2D eigenvalue weighted by Gasteiger charge is 2.39. The first-order valence-electron chi connectivity index (χ1n) is 11.4. The van der Waals surface area contributed by atoms with Gasteiger partial charge >= 0.3 is 5.97 Å². The number of hydrogen-bond donors (Lipinski definition) is 2. The fourth-order valence-corrected chi connectivity index (χ4v) is 3.95. The Morgan fingerprint density at radius 1 is 0.921 bits per heavy atom. The first-order valence-corrected chi connectivity index (χ1v) is 12.1. The molecule has 2 N–H and O–H groups in total. The highest BCUT2D eigenvalue weighted by Crippen LogP contribution is 2.31. The van der Waals surface area contributed by atoms with Crippen molar-refractivity contribution in [3.05, 3.63) is 99.4 Å². The molecule has 0 spiro atoms. The number of amides is 3. The molecule has 11 heteroatoms. The number of anilines is 3. The number of ether oxygens (including phenoxy) is 1. The molecule has 0 unspecified atom stereocenters. The van der Waals surface area contributed by atoms with E-state index in [1.807, 2.05) is 6.92 Å². The molecular weight excluding hydrogens is 536 g/mol. The molecule has 0 saturated heterocycles. The van der Waals surface area contributed by atoms with Crippen LogP contribution in [0.1, 0.15) is 34.1 Å². The van der Waals surface area contributed by atoms with Gasteiger partial charge in [-0.2, -0.15) is 0 Å². The molecule has 0 radical (unpaired) electrons. The summed E-state index contributed by atoms with van der Waals surface area (Å²) in [6.45, 7) is 2.10. The largest absolute Gasteiger partial charge is 0.462 e. The zero-order valence-corrected chi connectivity index (χ0v) is 21.4. The van der Waals surface area contributed by atoms with Gasteiger partial charge < -0.3 is 15.4 Å². The van der Waals surface area contributed by atoms with Crippen LogP contribution in [0.4, 0.5) is 21.5 Å². The van der Waals surface area contributed by atoms with Crippen LogP contribution in [0, 0.1) is 5.82 Å². The summed E-state index contributed by atoms with van der Waals surface area (Å²) in [5, 5.41) is 4.91. The first kappa shape index (κ1) is 26.8. The molecule has 0 fully saturated rings. The van der Waals surface area contributed by atoms with Gasteiger partial charge in [-0.25, -0.2) is 14.1 Å². The molecule has 0 aliphatic carbocycles. The van der Waals surface area contributed by atoms with Gasteiger partial charge in [-0.3, -0.25) is 14.4 Å². The van der Waals surface area contributed by atoms with E-state index in [0.29, 0.717) is 17.8 Å². The number of rotatable bonds is 8. The highest BCUT2D eigenvalue weighted by molar-refractivity contribution is 6.53. The Balaban J connectivity index is 1.52. The van der Waals surface area contributed by atoms with Crippen molar-refractivity contribution in [3.8, 4) is 0 Å². The molecule has 3 aromatic rings. The van der Waals surface area contributed by atoms with Gasteiger partial charge in [-0.15, -0.1) is 0 Å². The lowest BCUT2D eigenvalue weighted by Gasteiger charge is -2.16. The van der Waals surface area contributed by atoms with Crippen LogP contribution in [-0.4, -0.2) is 30.3 Å². The molecular formula is C27H20Cl2FN3O5. The highest BCUT2D eigenvalue weighted by atomic mass is 35.5. The quantitative estimate of drug-likeness (QED) is 0.271. The van der Waals surface area contributed by atoms with Gasteiger partial charge in [0.1, 0.15) is 16.5 Å². The monoisotopic (exact) mass is 555 g/mol. The van der Waals surface area contributed by atoms with Gasteiger partial charge in [0.15, 0.2) is 0 Å². The zero-order chi connectivity index (χ0) is 27.4. The minimum Gasteiger partial charge on any atom is -0.462 e. The molecule has 38 heavy (non-hydrogen) atoms. The van der Waals surface area contributed by atoms with Crippen LogP contribution in [0.5, 0.6) is 0 Å². The van der Waals surface area contributed by atoms with E-state index in [2.05, 4.69) is 10.6 Å². The van der Waals surface area contributed by atoms with Crippen molar-refractivity contribution in [2.45, 2.75) is 13.3 Å². The third kappa shape index (κ3) is 5.69. The van der Waals surface area contributed by atoms with Crippen molar-refractivity contribution in [2.75, 3.05) is 22.1 Å². The van der Waals surface area contributed by atoms with Crippen LogP contribution in [0.2, 0.25) is 5.02 Å². The Morgan fingerprint density at radius 2 is 1.66 bits per heavy atom. The van der Waals surface area contributed by atoms with Gasteiger partial charge in [0, 0.05) is 16.9 Å². The molecule has 194 valence electrons. The summed E-state index contributed by atoms with van der Waals surface area (Å²) in [6, 6.07) is 15.8. The van der Waals surface area contributed by atoms with E-state index in [1.54, 1.807) is 12.1 Å². The molecule has 3 aromatic carbocycles. The summed E-state index contributed by atoms with van der Waals surface area (Å²) < 4.78 is 18.5. The molecule has 0 aromatic heterocycles. The van der Waals surface area contributed by atoms with E-state index in [4.69, 9.17) is 27.9 Å². The second-order valence-corrected chi connectivity index (χ2v) is 8.89. The molecule has 1 aliphatic rings. The van der Waals surface area contributed by atoms with Crippen molar-refractivity contribution in [3.63, 3.8) is 0 Å². The standard InChI is InChI=1S/C27H20Cl2FN3O5/c1-2-11-38-27(37)16-6-4-8-19(13-16)33-25(35)22(29)23(26(33)36)31-17-7-3-5-15(12-17)24(34)32-18-9-10-21(30)20(28)14-18/h3-10,12-14,31H,2,11H2,1H3,(H,32,34). The van der Waals surface area contributed by atoms with E-state index in [9.17, 15) is 23.6 Å². The number of nitrogens with zero attached hydrogens (tertiary/aromatic N) is 1. The minimum atomic E-state index is -0.777. The van der Waals surface area contributed by atoms with Crippen LogP contribution >= 0.6 is 23.2 Å². The molecule has 0 atom stereocenters. The molecule has 8 nitrogen and oxygen atoms in total. The number of esters is 1. The van der Waals surface area contributed by atoms with Crippen LogP contribution < -0.4 is 15.5 Å². The van der Waals surface area contributed by atoms with Crippen molar-refractivity contribution < 1.29 is 28.3 Å². The molecule has 1 aliphatic heterocycles. The molecule has 4 rings (SSSR count). The van der Waals surface area contributed by atoms with Crippen LogP contribution in [0.15, 0.2) is 77.5 Å². The van der Waals surface area contributed by atoms with Gasteiger partial charge in [-0.1, -0.05) is 42.3 Å². The second kappa shape index (κ2) is 11.5. The van der Waals surface area contributed by atoms with Crippen molar-refractivity contribution >= 4 is 64.0 Å². The van der Waals surface area contributed by atoms with E-state index >= 15 is 0 Å². The third-order valence-electron chi connectivity index (χ3n) is 5.38. The topological polar surface area (TPSA) is 105 Å². The number of imide groups is 1.